The summed E-state index contributed by atoms with van der Waals surface area (Å²) in [4.78, 5) is 4.34. The highest BCUT2D eigenvalue weighted by Gasteiger charge is 2.16. The molecule has 2 aromatic carbocycles. The number of nitrogens with zero attached hydrogens (tertiary/aromatic N) is 5. The van der Waals surface area contributed by atoms with E-state index in [1.54, 1.807) is 0 Å². The lowest BCUT2D eigenvalue weighted by molar-refractivity contribution is 0.418. The topological polar surface area (TPSA) is 68.1 Å². The number of hydrogen-bond acceptors (Lipinski definition) is 6. The van der Waals surface area contributed by atoms with E-state index in [-0.39, 0.29) is 6.04 Å². The first-order valence-corrected chi connectivity index (χ1v) is 12.7. The van der Waals surface area contributed by atoms with Crippen molar-refractivity contribution in [2.45, 2.75) is 53.5 Å². The molecule has 1 aromatic heterocycles. The Morgan fingerprint density at radius 2 is 1.74 bits per heavy atom. The van der Waals surface area contributed by atoms with E-state index in [1.165, 1.54) is 25.9 Å². The summed E-state index contributed by atoms with van der Waals surface area (Å²) in [6, 6.07) is 11.9. The van der Waals surface area contributed by atoms with Crippen molar-refractivity contribution in [1.29, 1.82) is 5.26 Å². The number of aromatic nitrogens is 2. The molecule has 0 amide bonds. The molecule has 1 aliphatic heterocycles. The van der Waals surface area contributed by atoms with E-state index in [2.05, 4.69) is 40.5 Å². The standard InChI is InChI=1S/C21H22ClN5.C5H11N.C2H6/c1-12-15(11-23)7-6-8-16(12)13(2)24-21-18-10-20(27(4)5)19(22)9-17(18)14(3)25-26-21;1-6-4-2-3-5-6;1-2/h6-10,13H,1-5H3,(H,24,26);2-5H2,1H3;1-2H3/t13-;;/m1../s1. The number of nitriles is 1. The molecule has 0 aliphatic carbocycles. The monoisotopic (exact) mass is 494 g/mol. The van der Waals surface area contributed by atoms with Crippen LogP contribution in [0.15, 0.2) is 30.3 Å². The molecular formula is C28H39ClN6. The fraction of sp³-hybridized carbons (Fsp3) is 0.464. The van der Waals surface area contributed by atoms with Gasteiger partial charge in [0.2, 0.25) is 0 Å². The Morgan fingerprint density at radius 3 is 2.29 bits per heavy atom. The molecule has 0 bridgehead atoms. The van der Waals surface area contributed by atoms with Gasteiger partial charge in [0.05, 0.1) is 34.1 Å². The summed E-state index contributed by atoms with van der Waals surface area (Å²) in [5, 5.41) is 24.0. The molecule has 4 rings (SSSR count). The van der Waals surface area contributed by atoms with Crippen molar-refractivity contribution >= 4 is 33.9 Å². The minimum absolute atomic E-state index is 0.0306. The van der Waals surface area contributed by atoms with E-state index in [4.69, 9.17) is 11.6 Å². The molecule has 1 N–H and O–H groups in total. The Balaban J connectivity index is 0.000000463. The third-order valence-electron chi connectivity index (χ3n) is 6.16. The Hall–Kier alpha value is -2.88. The summed E-state index contributed by atoms with van der Waals surface area (Å²) in [5.41, 5.74) is 4.48. The lowest BCUT2D eigenvalue weighted by Crippen LogP contribution is -2.12. The minimum Gasteiger partial charge on any atom is -0.376 e. The van der Waals surface area contributed by atoms with Crippen LogP contribution in [0.1, 0.15) is 62.0 Å². The molecule has 0 spiro atoms. The van der Waals surface area contributed by atoms with Gasteiger partial charge in [0, 0.05) is 24.9 Å². The number of halogens is 1. The summed E-state index contributed by atoms with van der Waals surface area (Å²) in [5.74, 6) is 0.699. The predicted molar refractivity (Wildman–Crippen MR) is 150 cm³/mol. The highest BCUT2D eigenvalue weighted by molar-refractivity contribution is 6.34. The van der Waals surface area contributed by atoms with E-state index < -0.39 is 0 Å². The quantitative estimate of drug-likeness (QED) is 0.432. The number of fused-ring (bicyclic) bond motifs is 1. The number of aryl methyl sites for hydroxylation is 1. The van der Waals surface area contributed by atoms with Gasteiger partial charge in [-0.05, 0) is 83.1 Å². The maximum absolute atomic E-state index is 9.28. The van der Waals surface area contributed by atoms with Gasteiger partial charge in [0.15, 0.2) is 5.82 Å². The lowest BCUT2D eigenvalue weighted by Gasteiger charge is -2.20. The van der Waals surface area contributed by atoms with E-state index in [0.29, 0.717) is 16.4 Å². The number of hydrogen-bond donors (Lipinski definition) is 1. The maximum atomic E-state index is 9.28. The van der Waals surface area contributed by atoms with Crippen molar-refractivity contribution < 1.29 is 0 Å². The van der Waals surface area contributed by atoms with Crippen LogP contribution in [0.5, 0.6) is 0 Å². The molecule has 35 heavy (non-hydrogen) atoms. The Morgan fingerprint density at radius 1 is 1.09 bits per heavy atom. The van der Waals surface area contributed by atoms with Gasteiger partial charge in [-0.3, -0.25) is 0 Å². The van der Waals surface area contributed by atoms with E-state index in [1.807, 2.05) is 77.0 Å². The van der Waals surface area contributed by atoms with E-state index >= 15 is 0 Å². The highest BCUT2D eigenvalue weighted by Crippen LogP contribution is 2.35. The highest BCUT2D eigenvalue weighted by atomic mass is 35.5. The van der Waals surface area contributed by atoms with E-state index in [0.717, 1.165) is 33.3 Å². The lowest BCUT2D eigenvalue weighted by atomic mass is 9.98. The average Bonchev–Trinajstić information content (AvgIpc) is 3.33. The SMILES string of the molecule is CC.CN1CCCC1.Cc1c(C#N)cccc1[C@@H](C)Nc1nnc(C)c2cc(Cl)c(N(C)C)cc12. The number of likely N-dealkylation sites (tertiary alicyclic amines) is 1. The molecule has 1 aliphatic rings. The first-order chi connectivity index (χ1) is 16.7. The van der Waals surface area contributed by atoms with Crippen molar-refractivity contribution in [3.05, 3.63) is 57.7 Å². The Labute approximate surface area is 215 Å². The first-order valence-electron chi connectivity index (χ1n) is 12.3. The van der Waals surface area contributed by atoms with Crippen molar-refractivity contribution in [3.8, 4) is 6.07 Å². The van der Waals surface area contributed by atoms with Crippen LogP contribution in [-0.2, 0) is 0 Å². The average molecular weight is 495 g/mol. The number of anilines is 2. The summed E-state index contributed by atoms with van der Waals surface area (Å²) >= 11 is 6.44. The Kier molecular flexibility index (Phi) is 10.8. The van der Waals surface area contributed by atoms with Gasteiger partial charge in [-0.2, -0.15) is 10.4 Å². The summed E-state index contributed by atoms with van der Waals surface area (Å²) in [6.45, 7) is 12.6. The van der Waals surface area contributed by atoms with Crippen molar-refractivity contribution in [2.75, 3.05) is 44.4 Å². The van der Waals surface area contributed by atoms with Crippen LogP contribution in [0, 0.1) is 25.2 Å². The second kappa shape index (κ2) is 13.3. The minimum atomic E-state index is -0.0306. The van der Waals surface area contributed by atoms with Crippen LogP contribution >= 0.6 is 11.6 Å². The zero-order valence-corrected chi connectivity index (χ0v) is 23.2. The van der Waals surface area contributed by atoms with Crippen molar-refractivity contribution in [1.82, 2.24) is 15.1 Å². The Bertz CT molecular complexity index is 1160. The van der Waals surface area contributed by atoms with Crippen LogP contribution in [0.2, 0.25) is 5.02 Å². The van der Waals surface area contributed by atoms with Crippen LogP contribution < -0.4 is 10.2 Å². The molecule has 3 aromatic rings. The van der Waals surface area contributed by atoms with Crippen LogP contribution in [0.25, 0.3) is 10.8 Å². The van der Waals surface area contributed by atoms with Gasteiger partial charge in [0.1, 0.15) is 0 Å². The van der Waals surface area contributed by atoms with Gasteiger partial charge < -0.3 is 15.1 Å². The third kappa shape index (κ3) is 7.06. The second-order valence-corrected chi connectivity index (χ2v) is 9.29. The normalized spacial score (nSPS) is 13.7. The molecule has 1 saturated heterocycles. The van der Waals surface area contributed by atoms with Crippen LogP contribution in [0.3, 0.4) is 0 Å². The number of benzene rings is 2. The van der Waals surface area contributed by atoms with Gasteiger partial charge in [-0.1, -0.05) is 37.6 Å². The van der Waals surface area contributed by atoms with Crippen molar-refractivity contribution in [3.63, 3.8) is 0 Å². The third-order valence-corrected chi connectivity index (χ3v) is 6.46. The molecule has 7 heteroatoms. The van der Waals surface area contributed by atoms with Gasteiger partial charge >= 0.3 is 0 Å². The maximum Gasteiger partial charge on any atom is 0.157 e. The van der Waals surface area contributed by atoms with Crippen LogP contribution in [-0.4, -0.2) is 49.3 Å². The molecule has 1 atom stereocenters. The van der Waals surface area contributed by atoms with Gasteiger partial charge in [-0.25, -0.2) is 0 Å². The van der Waals surface area contributed by atoms with Crippen LogP contribution in [0.4, 0.5) is 11.5 Å². The fourth-order valence-electron chi connectivity index (χ4n) is 4.14. The number of nitrogens with one attached hydrogen (secondary N) is 1. The molecule has 2 heterocycles. The molecule has 0 saturated carbocycles. The molecule has 6 nitrogen and oxygen atoms in total. The zero-order chi connectivity index (χ0) is 26.1. The first kappa shape index (κ1) is 28.4. The summed E-state index contributed by atoms with van der Waals surface area (Å²) in [6.07, 6.45) is 2.83. The summed E-state index contributed by atoms with van der Waals surface area (Å²) in [7, 11) is 6.09. The molecular weight excluding hydrogens is 456 g/mol. The van der Waals surface area contributed by atoms with Gasteiger partial charge in [0.25, 0.3) is 0 Å². The molecule has 188 valence electrons. The van der Waals surface area contributed by atoms with E-state index in [9.17, 15) is 5.26 Å². The molecule has 0 unspecified atom stereocenters. The zero-order valence-electron chi connectivity index (χ0n) is 22.4. The molecule has 1 fully saturated rings. The number of rotatable bonds is 4. The largest absolute Gasteiger partial charge is 0.376 e. The second-order valence-electron chi connectivity index (χ2n) is 8.89. The van der Waals surface area contributed by atoms with Gasteiger partial charge in [-0.15, -0.1) is 5.10 Å². The predicted octanol–water partition coefficient (Wildman–Crippen LogP) is 6.75. The molecule has 0 radical (unpaired) electrons. The smallest absolute Gasteiger partial charge is 0.157 e. The van der Waals surface area contributed by atoms with Crippen molar-refractivity contribution in [2.24, 2.45) is 0 Å². The summed E-state index contributed by atoms with van der Waals surface area (Å²) < 4.78 is 0. The fourth-order valence-corrected chi connectivity index (χ4v) is 4.47.